The molecule has 0 saturated carbocycles. The highest BCUT2D eigenvalue weighted by Gasteiger charge is 2.29. The third-order valence-corrected chi connectivity index (χ3v) is 3.81. The van der Waals surface area contributed by atoms with Gasteiger partial charge in [0.1, 0.15) is 6.61 Å². The van der Waals surface area contributed by atoms with Crippen LogP contribution in [0.5, 0.6) is 0 Å². The number of aliphatic hydroxyl groups is 1. The summed E-state index contributed by atoms with van der Waals surface area (Å²) in [6.07, 6.45) is 9.64. The zero-order valence-electron chi connectivity index (χ0n) is 11.9. The minimum Gasteiger partial charge on any atom is -0.460 e. The Bertz CT molecular complexity index is 725. The van der Waals surface area contributed by atoms with E-state index in [4.69, 9.17) is 4.74 Å². The predicted octanol–water partition coefficient (Wildman–Crippen LogP) is 0.914. The maximum Gasteiger partial charge on any atom is 0.335 e. The van der Waals surface area contributed by atoms with Gasteiger partial charge in [-0.1, -0.05) is 54.6 Å². The van der Waals surface area contributed by atoms with E-state index in [9.17, 15) is 9.90 Å². The monoisotopic (exact) mass is 282 g/mol. The fourth-order valence-corrected chi connectivity index (χ4v) is 2.87. The van der Waals surface area contributed by atoms with Crippen LogP contribution >= 0.6 is 0 Å². The van der Waals surface area contributed by atoms with Crippen molar-refractivity contribution in [2.75, 3.05) is 6.61 Å². The Kier molecular flexibility index (Phi) is 3.76. The predicted molar refractivity (Wildman–Crippen MR) is 81.5 cm³/mol. The first-order valence-electron chi connectivity index (χ1n) is 7.18. The first kappa shape index (κ1) is 13.8. The van der Waals surface area contributed by atoms with Gasteiger partial charge in [-0.2, -0.15) is 0 Å². The van der Waals surface area contributed by atoms with Gasteiger partial charge in [0.2, 0.25) is 0 Å². The lowest BCUT2D eigenvalue weighted by Gasteiger charge is -2.26. The Labute approximate surface area is 123 Å². The van der Waals surface area contributed by atoms with Crippen molar-refractivity contribution in [2.24, 2.45) is 11.8 Å². The summed E-state index contributed by atoms with van der Waals surface area (Å²) in [4.78, 5) is 12.5. The molecule has 0 radical (unpaired) electrons. The van der Waals surface area contributed by atoms with Crippen molar-refractivity contribution in [1.82, 2.24) is 0 Å². The first-order valence-corrected chi connectivity index (χ1v) is 7.18. The van der Waals surface area contributed by atoms with Crippen molar-refractivity contribution < 1.29 is 14.6 Å². The molecule has 2 aliphatic carbocycles. The van der Waals surface area contributed by atoms with Gasteiger partial charge < -0.3 is 9.84 Å². The number of fused-ring (bicyclic) bond motifs is 2. The number of carbonyl (C=O) groups is 1. The Hall–Kier alpha value is -2.13. The summed E-state index contributed by atoms with van der Waals surface area (Å²) in [5.41, 5.74) is 0.680. The number of carbonyl (C=O) groups excluding carboxylic acids is 1. The molecule has 0 saturated heterocycles. The van der Waals surface area contributed by atoms with Crippen LogP contribution in [0.4, 0.5) is 0 Å². The van der Waals surface area contributed by atoms with Gasteiger partial charge in [-0.15, -0.1) is 0 Å². The van der Waals surface area contributed by atoms with Gasteiger partial charge in [-0.05, 0) is 17.4 Å². The smallest absolute Gasteiger partial charge is 0.335 e. The topological polar surface area (TPSA) is 46.5 Å². The van der Waals surface area contributed by atoms with Crippen LogP contribution in [-0.4, -0.2) is 23.8 Å². The second-order valence-electron chi connectivity index (χ2n) is 5.49. The number of rotatable bonds is 3. The lowest BCUT2D eigenvalue weighted by atomic mass is 9.78. The summed E-state index contributed by atoms with van der Waals surface area (Å²) in [5, 5.41) is 11.3. The molecule has 0 bridgehead atoms. The standard InChI is InChI=1S/C18H18O3/c1-12(19)11-21-18(20)17-15-8-4-2-6-13(15)10-14-7-3-5-9-16(14)17/h2-10,12-13,15,19H,11H2,1H3/t12?,13-,15?/m1/s1. The third kappa shape index (κ3) is 2.69. The molecule has 0 spiro atoms. The van der Waals surface area contributed by atoms with Crippen LogP contribution in [0.2, 0.25) is 0 Å². The van der Waals surface area contributed by atoms with E-state index < -0.39 is 6.10 Å². The molecule has 0 heterocycles. The summed E-state index contributed by atoms with van der Waals surface area (Å²) in [5.74, 6) is -0.156. The Morgan fingerprint density at radius 1 is 1.29 bits per heavy atom. The summed E-state index contributed by atoms with van der Waals surface area (Å²) in [7, 11) is 0. The van der Waals surface area contributed by atoms with Crippen LogP contribution in [0.25, 0.3) is 11.6 Å². The minimum atomic E-state index is -0.655. The highest BCUT2D eigenvalue weighted by Crippen LogP contribution is 2.30. The Morgan fingerprint density at radius 2 is 2.05 bits per heavy atom. The van der Waals surface area contributed by atoms with Crippen molar-refractivity contribution in [3.63, 3.8) is 0 Å². The van der Waals surface area contributed by atoms with Gasteiger partial charge in [0, 0.05) is 11.8 Å². The fraction of sp³-hybridized carbons (Fsp3) is 0.278. The van der Waals surface area contributed by atoms with Crippen molar-refractivity contribution in [2.45, 2.75) is 13.0 Å². The minimum absolute atomic E-state index is 0.00592. The van der Waals surface area contributed by atoms with Crippen LogP contribution in [0.1, 0.15) is 6.92 Å². The summed E-state index contributed by atoms with van der Waals surface area (Å²) >= 11 is 0. The molecule has 3 heteroatoms. The van der Waals surface area contributed by atoms with Crippen molar-refractivity contribution in [1.29, 1.82) is 0 Å². The molecule has 0 aliphatic heterocycles. The molecule has 0 aromatic heterocycles. The molecular formula is C18H18O3. The Balaban J connectivity index is 2.09. The van der Waals surface area contributed by atoms with Crippen molar-refractivity contribution in [3.05, 3.63) is 59.0 Å². The number of ether oxygens (including phenoxy) is 1. The Morgan fingerprint density at radius 3 is 2.86 bits per heavy atom. The van der Waals surface area contributed by atoms with E-state index in [1.165, 1.54) is 0 Å². The molecule has 2 aliphatic rings. The quantitative estimate of drug-likeness (QED) is 0.838. The fourth-order valence-electron chi connectivity index (χ4n) is 2.87. The SMILES string of the molecule is CC(O)COC(=O)C1=c2ccccc2=C[C@H]2C=CC=CC12. The second kappa shape index (κ2) is 5.70. The average Bonchev–Trinajstić information content (AvgIpc) is 2.50. The van der Waals surface area contributed by atoms with Gasteiger partial charge in [-0.3, -0.25) is 0 Å². The molecule has 1 aromatic rings. The van der Waals surface area contributed by atoms with E-state index in [0.717, 1.165) is 10.4 Å². The third-order valence-electron chi connectivity index (χ3n) is 3.81. The highest BCUT2D eigenvalue weighted by atomic mass is 16.5. The summed E-state index contributed by atoms with van der Waals surface area (Å²) in [6.45, 7) is 1.62. The normalized spacial score (nSPS) is 23.8. The van der Waals surface area contributed by atoms with E-state index in [-0.39, 0.29) is 24.4 Å². The molecule has 0 fully saturated rings. The summed E-state index contributed by atoms with van der Waals surface area (Å²) in [6, 6.07) is 7.86. The zero-order valence-corrected chi connectivity index (χ0v) is 11.9. The van der Waals surface area contributed by atoms with Gasteiger partial charge in [0.15, 0.2) is 0 Å². The molecule has 1 aromatic carbocycles. The van der Waals surface area contributed by atoms with Crippen LogP contribution < -0.4 is 10.4 Å². The van der Waals surface area contributed by atoms with Crippen LogP contribution in [0.3, 0.4) is 0 Å². The highest BCUT2D eigenvalue weighted by molar-refractivity contribution is 6.11. The largest absolute Gasteiger partial charge is 0.460 e. The van der Waals surface area contributed by atoms with Gasteiger partial charge in [0.25, 0.3) is 0 Å². The number of allylic oxidation sites excluding steroid dienone is 4. The molecule has 0 amide bonds. The second-order valence-corrected chi connectivity index (χ2v) is 5.49. The molecule has 2 unspecified atom stereocenters. The van der Waals surface area contributed by atoms with E-state index in [2.05, 4.69) is 12.2 Å². The molecule has 1 N–H and O–H groups in total. The van der Waals surface area contributed by atoms with Crippen LogP contribution in [0, 0.1) is 11.8 Å². The van der Waals surface area contributed by atoms with Gasteiger partial charge >= 0.3 is 5.97 Å². The molecule has 3 atom stereocenters. The molecule has 3 nitrogen and oxygen atoms in total. The number of esters is 1. The number of hydrogen-bond donors (Lipinski definition) is 1. The van der Waals surface area contributed by atoms with Crippen LogP contribution in [0.15, 0.2) is 48.6 Å². The van der Waals surface area contributed by atoms with E-state index in [1.807, 2.05) is 42.5 Å². The van der Waals surface area contributed by atoms with Crippen molar-refractivity contribution >= 4 is 17.6 Å². The first-order chi connectivity index (χ1) is 10.2. The molecule has 3 rings (SSSR count). The lowest BCUT2D eigenvalue weighted by Crippen LogP contribution is -2.39. The maximum atomic E-state index is 12.5. The molecule has 108 valence electrons. The number of benzene rings is 1. The van der Waals surface area contributed by atoms with Crippen LogP contribution in [-0.2, 0) is 9.53 Å². The van der Waals surface area contributed by atoms with E-state index >= 15 is 0 Å². The zero-order chi connectivity index (χ0) is 14.8. The molecule has 21 heavy (non-hydrogen) atoms. The van der Waals surface area contributed by atoms with Crippen molar-refractivity contribution in [3.8, 4) is 0 Å². The lowest BCUT2D eigenvalue weighted by molar-refractivity contribution is -0.139. The van der Waals surface area contributed by atoms with Gasteiger partial charge in [-0.25, -0.2) is 4.79 Å². The van der Waals surface area contributed by atoms with E-state index in [1.54, 1.807) is 6.92 Å². The maximum absolute atomic E-state index is 12.5. The summed E-state index contributed by atoms with van der Waals surface area (Å²) < 4.78 is 5.25. The molecular weight excluding hydrogens is 264 g/mol. The number of hydrogen-bond acceptors (Lipinski definition) is 3. The average molecular weight is 282 g/mol. The van der Waals surface area contributed by atoms with E-state index in [0.29, 0.717) is 5.57 Å². The number of aliphatic hydroxyl groups excluding tert-OH is 1. The van der Waals surface area contributed by atoms with Gasteiger partial charge in [0.05, 0.1) is 11.7 Å².